The van der Waals surface area contributed by atoms with Crippen molar-refractivity contribution in [3.8, 4) is 0 Å². The number of likely N-dealkylation sites (N-methyl/N-ethyl adjacent to an activating group) is 1. The van der Waals surface area contributed by atoms with Gasteiger partial charge in [0.25, 0.3) is 11.8 Å². The lowest BCUT2D eigenvalue weighted by molar-refractivity contribution is -0.123. The number of amides is 3. The van der Waals surface area contributed by atoms with E-state index in [1.165, 1.54) is 25.3 Å². The van der Waals surface area contributed by atoms with E-state index in [2.05, 4.69) is 22.5 Å². The van der Waals surface area contributed by atoms with Crippen LogP contribution < -0.4 is 21.7 Å². The summed E-state index contributed by atoms with van der Waals surface area (Å²) in [6.45, 7) is 7.00. The molecule has 0 spiro atoms. The van der Waals surface area contributed by atoms with Gasteiger partial charge in [0, 0.05) is 47.8 Å². The molecule has 0 aliphatic carbocycles. The van der Waals surface area contributed by atoms with E-state index < -0.39 is 5.91 Å². The van der Waals surface area contributed by atoms with Gasteiger partial charge < -0.3 is 26.4 Å². The van der Waals surface area contributed by atoms with Crippen LogP contribution >= 0.6 is 11.6 Å². The van der Waals surface area contributed by atoms with Crippen molar-refractivity contribution < 1.29 is 19.1 Å². The van der Waals surface area contributed by atoms with Crippen LogP contribution in [0.25, 0.3) is 0 Å². The Morgan fingerprint density at radius 1 is 1.27 bits per heavy atom. The molecule has 178 valence electrons. The average molecular weight is 476 g/mol. The average Bonchev–Trinajstić information content (AvgIpc) is 2.75. The van der Waals surface area contributed by atoms with E-state index in [4.69, 9.17) is 27.5 Å². The summed E-state index contributed by atoms with van der Waals surface area (Å²) in [5.74, 6) is -0.952. The smallest absolute Gasteiger partial charge is 0.257 e. The normalized spacial score (nSPS) is 11.5. The van der Waals surface area contributed by atoms with Crippen LogP contribution in [0.3, 0.4) is 0 Å². The molecule has 0 atom stereocenters. The van der Waals surface area contributed by atoms with Gasteiger partial charge in [-0.25, -0.2) is 0 Å². The zero-order chi connectivity index (χ0) is 25.0. The summed E-state index contributed by atoms with van der Waals surface area (Å²) in [6.07, 6.45) is 4.89. The molecule has 9 nitrogen and oxygen atoms in total. The topological polar surface area (TPSA) is 146 Å². The quantitative estimate of drug-likeness (QED) is 0.136. The molecule has 1 aromatic rings. The fourth-order valence-electron chi connectivity index (χ4n) is 2.41. The van der Waals surface area contributed by atoms with Gasteiger partial charge in [0.1, 0.15) is 5.76 Å². The van der Waals surface area contributed by atoms with E-state index in [9.17, 15) is 14.4 Å². The number of ether oxygens (including phenoxy) is 1. The number of carbonyl (C=O) groups excluding carboxylic acids is 3. The molecular formula is C23H30ClN5O4. The highest BCUT2D eigenvalue weighted by Crippen LogP contribution is 2.20. The van der Waals surface area contributed by atoms with Crippen molar-refractivity contribution in [3.63, 3.8) is 0 Å². The van der Waals surface area contributed by atoms with E-state index >= 15 is 0 Å². The van der Waals surface area contributed by atoms with Crippen LogP contribution in [0.4, 0.5) is 5.69 Å². The summed E-state index contributed by atoms with van der Waals surface area (Å²) in [7, 11) is 1.49. The molecule has 33 heavy (non-hydrogen) atoms. The Labute approximate surface area is 198 Å². The lowest BCUT2D eigenvalue weighted by atomic mass is 10.1. The van der Waals surface area contributed by atoms with Gasteiger partial charge in [-0.2, -0.15) is 0 Å². The van der Waals surface area contributed by atoms with Crippen molar-refractivity contribution in [1.82, 2.24) is 10.6 Å². The van der Waals surface area contributed by atoms with Crippen molar-refractivity contribution >= 4 is 40.8 Å². The molecule has 0 saturated heterocycles. The highest BCUT2D eigenvalue weighted by molar-refractivity contribution is 6.31. The number of amidine groups is 1. The van der Waals surface area contributed by atoms with E-state index in [0.717, 1.165) is 0 Å². The molecule has 0 heterocycles. The minimum Gasteiger partial charge on any atom is -0.483 e. The minimum absolute atomic E-state index is 0.0303. The molecule has 0 unspecified atom stereocenters. The van der Waals surface area contributed by atoms with Crippen molar-refractivity contribution in [2.24, 2.45) is 11.7 Å². The highest BCUT2D eigenvalue weighted by atomic mass is 35.5. The summed E-state index contributed by atoms with van der Waals surface area (Å²) in [5, 5.41) is 15.5. The molecule has 0 bridgehead atoms. The Hall–Kier alpha value is -3.59. The number of anilines is 1. The first-order valence-corrected chi connectivity index (χ1v) is 10.5. The van der Waals surface area contributed by atoms with Crippen LogP contribution in [-0.4, -0.2) is 43.8 Å². The van der Waals surface area contributed by atoms with E-state index in [0.29, 0.717) is 16.3 Å². The number of hydrogen-bond acceptors (Lipinski definition) is 5. The molecule has 1 rings (SSSR count). The molecule has 0 aliphatic heterocycles. The van der Waals surface area contributed by atoms with Gasteiger partial charge >= 0.3 is 0 Å². The van der Waals surface area contributed by atoms with Crippen LogP contribution in [0.15, 0.2) is 54.3 Å². The maximum Gasteiger partial charge on any atom is 0.257 e. The summed E-state index contributed by atoms with van der Waals surface area (Å²) in [5.41, 5.74) is 6.55. The third-order valence-corrected chi connectivity index (χ3v) is 4.41. The first kappa shape index (κ1) is 27.4. The third-order valence-electron chi connectivity index (χ3n) is 4.19. The number of halogens is 1. The van der Waals surface area contributed by atoms with Gasteiger partial charge in [0.2, 0.25) is 5.91 Å². The molecule has 1 aromatic carbocycles. The zero-order valence-corrected chi connectivity index (χ0v) is 19.7. The Morgan fingerprint density at radius 3 is 2.55 bits per heavy atom. The van der Waals surface area contributed by atoms with Crippen LogP contribution in [0, 0.1) is 11.3 Å². The summed E-state index contributed by atoms with van der Waals surface area (Å²) < 4.78 is 5.50. The number of hydrogen-bond donors (Lipinski definition) is 5. The van der Waals surface area contributed by atoms with Gasteiger partial charge in [-0.3, -0.25) is 19.8 Å². The minimum atomic E-state index is -0.440. The lowest BCUT2D eigenvalue weighted by Crippen LogP contribution is -2.27. The van der Waals surface area contributed by atoms with Crippen molar-refractivity contribution in [2.45, 2.75) is 20.3 Å². The summed E-state index contributed by atoms with van der Waals surface area (Å²) in [4.78, 5) is 36.3. The fourth-order valence-corrected chi connectivity index (χ4v) is 2.65. The Kier molecular flexibility index (Phi) is 11.4. The first-order chi connectivity index (χ1) is 15.6. The lowest BCUT2D eigenvalue weighted by Gasteiger charge is -2.13. The van der Waals surface area contributed by atoms with E-state index in [-0.39, 0.29) is 54.5 Å². The number of carbonyl (C=O) groups is 3. The Morgan fingerprint density at radius 2 is 1.97 bits per heavy atom. The molecule has 0 aliphatic rings. The number of allylic oxidation sites excluding steroid dienone is 1. The largest absolute Gasteiger partial charge is 0.483 e. The SMILES string of the molecule is C=C/C(OCC(=O)NC)=C(\C=C/CC(=N)N)CNC(=O)c1cc(Cl)cc(NC(=O)C(C)C)c1. The maximum absolute atomic E-state index is 12.8. The second-order valence-corrected chi connectivity index (χ2v) is 7.68. The number of benzene rings is 1. The number of rotatable bonds is 12. The molecule has 0 aromatic heterocycles. The summed E-state index contributed by atoms with van der Waals surface area (Å²) >= 11 is 6.12. The second-order valence-electron chi connectivity index (χ2n) is 7.24. The van der Waals surface area contributed by atoms with Gasteiger partial charge in [-0.05, 0) is 24.3 Å². The zero-order valence-electron chi connectivity index (χ0n) is 19.0. The van der Waals surface area contributed by atoms with Gasteiger partial charge in [0.05, 0.1) is 5.84 Å². The molecule has 6 N–H and O–H groups in total. The number of nitrogens with one attached hydrogen (secondary N) is 4. The van der Waals surface area contributed by atoms with Crippen LogP contribution in [0.1, 0.15) is 30.6 Å². The van der Waals surface area contributed by atoms with Gasteiger partial charge in [-0.15, -0.1) is 0 Å². The van der Waals surface area contributed by atoms with Crippen molar-refractivity contribution in [1.29, 1.82) is 5.41 Å². The van der Waals surface area contributed by atoms with E-state index in [1.807, 2.05) is 0 Å². The molecule has 0 saturated carbocycles. The van der Waals surface area contributed by atoms with Crippen LogP contribution in [-0.2, 0) is 14.3 Å². The standard InChI is InChI=1S/C23H30ClN5O4/c1-5-19(33-13-21(30)27-4)15(7-6-8-20(25)26)12-28-23(32)16-9-17(24)11-18(10-16)29-22(31)14(2)3/h5-7,9-11,14H,1,8,12-13H2,2-4H3,(H3,25,26)(H,27,30)(H,28,32)(H,29,31)/b7-6-,19-15-. The van der Waals surface area contributed by atoms with Crippen LogP contribution in [0.2, 0.25) is 5.02 Å². The molecule has 3 amide bonds. The van der Waals surface area contributed by atoms with Gasteiger partial charge in [0.15, 0.2) is 6.61 Å². The first-order valence-electron chi connectivity index (χ1n) is 10.1. The van der Waals surface area contributed by atoms with Crippen molar-refractivity contribution in [2.75, 3.05) is 25.5 Å². The summed E-state index contributed by atoms with van der Waals surface area (Å²) in [6, 6.07) is 4.55. The molecule has 0 radical (unpaired) electrons. The Bertz CT molecular complexity index is 970. The third kappa shape index (κ3) is 10.0. The van der Waals surface area contributed by atoms with Crippen LogP contribution in [0.5, 0.6) is 0 Å². The second kappa shape index (κ2) is 13.7. The Balaban J connectivity index is 3.07. The van der Waals surface area contributed by atoms with E-state index in [1.54, 1.807) is 32.1 Å². The maximum atomic E-state index is 12.8. The monoisotopic (exact) mass is 475 g/mol. The molecule has 0 fully saturated rings. The van der Waals surface area contributed by atoms with Crippen molar-refractivity contribution in [3.05, 3.63) is 64.9 Å². The predicted molar refractivity (Wildman–Crippen MR) is 130 cm³/mol. The van der Waals surface area contributed by atoms with Gasteiger partial charge in [-0.1, -0.05) is 44.2 Å². The molecule has 10 heteroatoms. The predicted octanol–water partition coefficient (Wildman–Crippen LogP) is 2.75. The molecular weight excluding hydrogens is 446 g/mol. The number of nitrogens with two attached hydrogens (primary N) is 1. The fraction of sp³-hybridized carbons (Fsp3) is 0.304. The highest BCUT2D eigenvalue weighted by Gasteiger charge is 2.13.